The minimum atomic E-state index is -0.640. The van der Waals surface area contributed by atoms with E-state index in [0.717, 1.165) is 75.9 Å². The van der Waals surface area contributed by atoms with Crippen LogP contribution in [-0.2, 0) is 11.3 Å². The van der Waals surface area contributed by atoms with Crippen molar-refractivity contribution in [3.63, 3.8) is 0 Å². The number of nitrogens with zero attached hydrogens (tertiary/aromatic N) is 6. The Bertz CT molecular complexity index is 1490. The fraction of sp³-hybridized carbons (Fsp3) is 0.393. The summed E-state index contributed by atoms with van der Waals surface area (Å²) in [6.45, 7) is 5.43. The highest BCUT2D eigenvalue weighted by Crippen LogP contribution is 2.38. The first-order valence-corrected chi connectivity index (χ1v) is 13.3. The second-order valence-corrected chi connectivity index (χ2v) is 10.3. The number of nitrogens with one attached hydrogen (secondary N) is 2. The van der Waals surface area contributed by atoms with Crippen molar-refractivity contribution in [3.05, 3.63) is 59.6 Å². The molecule has 0 radical (unpaired) electrons. The lowest BCUT2D eigenvalue weighted by Gasteiger charge is -2.34. The summed E-state index contributed by atoms with van der Waals surface area (Å²) < 4.78 is 29.8. The van der Waals surface area contributed by atoms with Crippen LogP contribution in [0.2, 0.25) is 0 Å². The number of hydrogen-bond acceptors (Lipinski definition) is 7. The zero-order valence-corrected chi connectivity index (χ0v) is 21.8. The Morgan fingerprint density at radius 1 is 1.05 bits per heavy atom. The monoisotopic (exact) mass is 532 g/mol. The third-order valence-corrected chi connectivity index (χ3v) is 7.71. The molecule has 1 saturated carbocycles. The molecule has 0 bridgehead atoms. The van der Waals surface area contributed by atoms with E-state index in [9.17, 15) is 13.6 Å². The van der Waals surface area contributed by atoms with Crippen LogP contribution in [0.5, 0.6) is 0 Å². The highest BCUT2D eigenvalue weighted by Gasteiger charge is 2.24. The number of carbonyl (C=O) groups is 1. The molecule has 1 saturated heterocycles. The maximum atomic E-state index is 15.0. The van der Waals surface area contributed by atoms with E-state index in [-0.39, 0.29) is 23.1 Å². The van der Waals surface area contributed by atoms with E-state index in [2.05, 4.69) is 35.4 Å². The highest BCUT2D eigenvalue weighted by molar-refractivity contribution is 5.87. The molecule has 3 aromatic heterocycles. The number of fused-ring (bicyclic) bond motifs is 1. The molecule has 1 aromatic carbocycles. The minimum absolute atomic E-state index is 0.00759. The molecule has 202 valence electrons. The van der Waals surface area contributed by atoms with Gasteiger partial charge in [0, 0.05) is 68.4 Å². The molecule has 1 amide bonds. The molecule has 4 heterocycles. The Morgan fingerprint density at radius 3 is 2.56 bits per heavy atom. The van der Waals surface area contributed by atoms with Gasteiger partial charge in [0.05, 0.1) is 6.20 Å². The van der Waals surface area contributed by atoms with E-state index in [0.29, 0.717) is 22.7 Å². The fourth-order valence-corrected chi connectivity index (χ4v) is 5.57. The Kier molecular flexibility index (Phi) is 6.90. The van der Waals surface area contributed by atoms with E-state index in [1.165, 1.54) is 6.07 Å². The quantitative estimate of drug-likeness (QED) is 0.369. The molecule has 0 atom stereocenters. The van der Waals surface area contributed by atoms with Gasteiger partial charge in [0.2, 0.25) is 11.9 Å². The average molecular weight is 533 g/mol. The molecule has 0 spiro atoms. The number of piperazine rings is 1. The molecular weight excluding hydrogens is 502 g/mol. The number of amides is 1. The number of rotatable bonds is 6. The molecule has 1 aliphatic heterocycles. The predicted molar refractivity (Wildman–Crippen MR) is 143 cm³/mol. The van der Waals surface area contributed by atoms with E-state index in [4.69, 9.17) is 0 Å². The maximum Gasteiger partial charge on any atom is 0.229 e. The van der Waals surface area contributed by atoms with Gasteiger partial charge < -0.3 is 10.2 Å². The number of H-pyrrole nitrogens is 1. The van der Waals surface area contributed by atoms with Gasteiger partial charge in [0.1, 0.15) is 17.0 Å². The Labute approximate surface area is 224 Å². The van der Waals surface area contributed by atoms with Crippen LogP contribution in [0.1, 0.15) is 49.8 Å². The number of aromatic nitrogens is 5. The Hall–Kier alpha value is -3.99. The van der Waals surface area contributed by atoms with Crippen molar-refractivity contribution in [3.8, 4) is 11.3 Å². The van der Waals surface area contributed by atoms with Crippen molar-refractivity contribution < 1.29 is 13.6 Å². The SMILES string of the molecule is CC(=O)N1CCN(Cc2ccc(Nc3ncc(F)c(-c4cc(F)c5n[nH]c(C6CCCC6)c5c4)n3)nc2)CC1. The molecule has 2 aliphatic rings. The van der Waals surface area contributed by atoms with Gasteiger partial charge in [0.25, 0.3) is 0 Å². The van der Waals surface area contributed by atoms with Crippen molar-refractivity contribution >= 4 is 28.6 Å². The number of carbonyl (C=O) groups excluding carboxylic acids is 1. The topological polar surface area (TPSA) is 103 Å². The van der Waals surface area contributed by atoms with Crippen LogP contribution in [0.15, 0.2) is 36.7 Å². The van der Waals surface area contributed by atoms with Crippen molar-refractivity contribution in [2.45, 2.75) is 45.1 Å². The lowest BCUT2D eigenvalue weighted by Crippen LogP contribution is -2.47. The van der Waals surface area contributed by atoms with Gasteiger partial charge >= 0.3 is 0 Å². The van der Waals surface area contributed by atoms with Gasteiger partial charge in [-0.15, -0.1) is 0 Å². The number of halogens is 2. The zero-order valence-electron chi connectivity index (χ0n) is 21.8. The third kappa shape index (κ3) is 5.31. The van der Waals surface area contributed by atoms with Crippen LogP contribution in [0.25, 0.3) is 22.2 Å². The third-order valence-electron chi connectivity index (χ3n) is 7.71. The number of aromatic amines is 1. The number of anilines is 2. The van der Waals surface area contributed by atoms with Gasteiger partial charge in [0.15, 0.2) is 11.6 Å². The number of hydrogen-bond donors (Lipinski definition) is 2. The van der Waals surface area contributed by atoms with E-state index >= 15 is 0 Å². The lowest BCUT2D eigenvalue weighted by atomic mass is 9.98. The summed E-state index contributed by atoms with van der Waals surface area (Å²) in [5.74, 6) is -0.0718. The Balaban J connectivity index is 1.18. The summed E-state index contributed by atoms with van der Waals surface area (Å²) in [4.78, 5) is 28.6. The van der Waals surface area contributed by atoms with Crippen molar-refractivity contribution in [2.75, 3.05) is 31.5 Å². The molecule has 0 unspecified atom stereocenters. The highest BCUT2D eigenvalue weighted by atomic mass is 19.1. The first-order chi connectivity index (χ1) is 18.9. The van der Waals surface area contributed by atoms with Gasteiger partial charge in [-0.2, -0.15) is 5.10 Å². The summed E-state index contributed by atoms with van der Waals surface area (Å²) in [5, 5.41) is 10.9. The molecular formula is C28H30F2N8O. The number of pyridine rings is 1. The summed E-state index contributed by atoms with van der Waals surface area (Å²) in [6, 6.07) is 6.80. The molecule has 9 nitrogen and oxygen atoms in total. The first kappa shape index (κ1) is 25.3. The second-order valence-electron chi connectivity index (χ2n) is 10.3. The van der Waals surface area contributed by atoms with Gasteiger partial charge in [-0.25, -0.2) is 23.7 Å². The number of benzene rings is 1. The molecule has 6 rings (SSSR count). The van der Waals surface area contributed by atoms with Crippen molar-refractivity contribution in [1.29, 1.82) is 0 Å². The lowest BCUT2D eigenvalue weighted by molar-refractivity contribution is -0.130. The van der Waals surface area contributed by atoms with Gasteiger partial charge in [-0.05, 0) is 36.6 Å². The van der Waals surface area contributed by atoms with E-state index < -0.39 is 11.6 Å². The van der Waals surface area contributed by atoms with Crippen molar-refractivity contribution in [1.82, 2.24) is 34.9 Å². The maximum absolute atomic E-state index is 15.0. The first-order valence-electron chi connectivity index (χ1n) is 13.3. The second kappa shape index (κ2) is 10.6. The molecule has 39 heavy (non-hydrogen) atoms. The standard InChI is InChI=1S/C28H30F2N8O/c1-17(39)38-10-8-37(9-11-38)16-18-6-7-24(31-14-18)33-28-32-15-23(30)26(34-28)20-12-21-25(19-4-2-3-5-19)35-36-27(21)22(29)13-20/h6-7,12-15,19H,2-5,8-11,16H2,1H3,(H,35,36)(H,31,32,33,34). The smallest absolute Gasteiger partial charge is 0.229 e. The molecule has 2 fully saturated rings. The molecule has 1 aliphatic carbocycles. The summed E-state index contributed by atoms with van der Waals surface area (Å²) in [7, 11) is 0. The van der Waals surface area contributed by atoms with Crippen LogP contribution in [0.4, 0.5) is 20.5 Å². The normalized spacial score (nSPS) is 16.7. The Morgan fingerprint density at radius 2 is 1.85 bits per heavy atom. The largest absolute Gasteiger partial charge is 0.340 e. The predicted octanol–water partition coefficient (Wildman–Crippen LogP) is 4.76. The van der Waals surface area contributed by atoms with Crippen LogP contribution in [0, 0.1) is 11.6 Å². The van der Waals surface area contributed by atoms with Crippen LogP contribution >= 0.6 is 0 Å². The zero-order chi connectivity index (χ0) is 26.9. The molecule has 4 aromatic rings. The molecule has 11 heteroatoms. The van der Waals surface area contributed by atoms with E-state index in [1.54, 1.807) is 19.2 Å². The minimum Gasteiger partial charge on any atom is -0.340 e. The molecule has 2 N–H and O–H groups in total. The van der Waals surface area contributed by atoms with Crippen LogP contribution in [0.3, 0.4) is 0 Å². The summed E-state index contributed by atoms with van der Waals surface area (Å²) in [6.07, 6.45) is 7.18. The fourth-order valence-electron chi connectivity index (χ4n) is 5.57. The van der Waals surface area contributed by atoms with Gasteiger partial charge in [-0.3, -0.25) is 14.8 Å². The van der Waals surface area contributed by atoms with Crippen LogP contribution in [-0.4, -0.2) is 67.0 Å². The van der Waals surface area contributed by atoms with Gasteiger partial charge in [-0.1, -0.05) is 18.9 Å². The summed E-state index contributed by atoms with van der Waals surface area (Å²) >= 11 is 0. The van der Waals surface area contributed by atoms with E-state index in [1.807, 2.05) is 17.0 Å². The van der Waals surface area contributed by atoms with Crippen LogP contribution < -0.4 is 5.32 Å². The van der Waals surface area contributed by atoms with Crippen molar-refractivity contribution in [2.24, 2.45) is 0 Å². The summed E-state index contributed by atoms with van der Waals surface area (Å²) in [5.41, 5.74) is 2.55. The average Bonchev–Trinajstić information content (AvgIpc) is 3.61.